The number of hydrogen-bond donors (Lipinski definition) is 0. The van der Waals surface area contributed by atoms with Crippen LogP contribution in [0.25, 0.3) is 17.2 Å². The van der Waals surface area contributed by atoms with Crippen LogP contribution in [0.15, 0.2) is 48.7 Å². The highest BCUT2D eigenvalue weighted by Gasteiger charge is 2.52. The van der Waals surface area contributed by atoms with Gasteiger partial charge in [-0.25, -0.2) is 0 Å². The molecule has 1 aliphatic carbocycles. The number of ether oxygens (including phenoxy) is 1. The standard InChI is InChI=1S/C25H28ClNO2/c1-4-21-15(2)12-23-24(16(3)29-25(23)28)22(21)11-10-20-9-8-18(14-27-20)17-6-5-7-19(26)13-17/h5-11,13-16,21-24H,4,12H2,1-3H3/b11-10+. The molecule has 2 aromatic rings. The van der Waals surface area contributed by atoms with Gasteiger partial charge in [0.15, 0.2) is 0 Å². The zero-order chi connectivity index (χ0) is 20.5. The highest BCUT2D eigenvalue weighted by atomic mass is 35.5. The van der Waals surface area contributed by atoms with Crippen molar-refractivity contribution in [3.8, 4) is 11.1 Å². The molecule has 3 nitrogen and oxygen atoms in total. The summed E-state index contributed by atoms with van der Waals surface area (Å²) in [6.07, 6.45) is 8.33. The number of aromatic nitrogens is 1. The lowest BCUT2D eigenvalue weighted by molar-refractivity contribution is -0.144. The third-order valence-electron chi connectivity index (χ3n) is 6.81. The molecular weight excluding hydrogens is 382 g/mol. The first-order valence-corrected chi connectivity index (χ1v) is 11.0. The first kappa shape index (κ1) is 20.2. The van der Waals surface area contributed by atoms with Crippen molar-refractivity contribution >= 4 is 23.6 Å². The number of pyridine rings is 1. The molecule has 1 saturated carbocycles. The summed E-state index contributed by atoms with van der Waals surface area (Å²) in [5, 5.41) is 0.723. The summed E-state index contributed by atoms with van der Waals surface area (Å²) < 4.78 is 5.61. The molecule has 2 fully saturated rings. The summed E-state index contributed by atoms with van der Waals surface area (Å²) in [6, 6.07) is 11.9. The van der Waals surface area contributed by atoms with Gasteiger partial charge in [-0.3, -0.25) is 9.78 Å². The van der Waals surface area contributed by atoms with Crippen LogP contribution in [0.1, 0.15) is 39.3 Å². The Hall–Kier alpha value is -2.13. The van der Waals surface area contributed by atoms with Gasteiger partial charge in [-0.15, -0.1) is 0 Å². The van der Waals surface area contributed by atoms with Gasteiger partial charge in [0.05, 0.1) is 11.6 Å². The maximum atomic E-state index is 12.3. The lowest BCUT2D eigenvalue weighted by atomic mass is 9.61. The topological polar surface area (TPSA) is 39.2 Å². The number of benzene rings is 1. The van der Waals surface area contributed by atoms with Crippen LogP contribution in [0.3, 0.4) is 0 Å². The van der Waals surface area contributed by atoms with Crippen LogP contribution in [-0.2, 0) is 9.53 Å². The second kappa shape index (κ2) is 8.31. The van der Waals surface area contributed by atoms with Crippen LogP contribution >= 0.6 is 11.6 Å². The van der Waals surface area contributed by atoms with Crippen molar-refractivity contribution in [3.63, 3.8) is 0 Å². The molecule has 2 aliphatic rings. The lowest BCUT2D eigenvalue weighted by Crippen LogP contribution is -2.40. The van der Waals surface area contributed by atoms with E-state index in [2.05, 4.69) is 37.0 Å². The number of allylic oxidation sites excluding steroid dienone is 1. The van der Waals surface area contributed by atoms with Gasteiger partial charge in [0.1, 0.15) is 6.10 Å². The molecule has 0 amide bonds. The summed E-state index contributed by atoms with van der Waals surface area (Å²) >= 11 is 6.10. The SMILES string of the molecule is CCC1C(C)CC2C(=O)OC(C)C2C1/C=C/c1ccc(-c2cccc(Cl)c2)cn1. The molecule has 6 atom stereocenters. The molecule has 0 spiro atoms. The summed E-state index contributed by atoms with van der Waals surface area (Å²) in [5.74, 6) is 1.72. The van der Waals surface area contributed by atoms with Crippen molar-refractivity contribution in [2.75, 3.05) is 0 Å². The van der Waals surface area contributed by atoms with Gasteiger partial charge in [-0.1, -0.05) is 56.1 Å². The predicted octanol–water partition coefficient (Wildman–Crippen LogP) is 6.28. The van der Waals surface area contributed by atoms with Gasteiger partial charge in [-0.2, -0.15) is 0 Å². The summed E-state index contributed by atoms with van der Waals surface area (Å²) in [5.41, 5.74) is 3.04. The Kier molecular flexibility index (Phi) is 5.78. The van der Waals surface area contributed by atoms with Crippen molar-refractivity contribution in [2.45, 2.75) is 39.7 Å². The van der Waals surface area contributed by atoms with E-state index in [9.17, 15) is 4.79 Å². The zero-order valence-electron chi connectivity index (χ0n) is 17.2. The average Bonchev–Trinajstić information content (AvgIpc) is 2.99. The van der Waals surface area contributed by atoms with Gasteiger partial charge in [0.25, 0.3) is 0 Å². The second-order valence-electron chi connectivity index (χ2n) is 8.53. The largest absolute Gasteiger partial charge is 0.462 e. The highest BCUT2D eigenvalue weighted by Crippen LogP contribution is 2.50. The molecule has 0 radical (unpaired) electrons. The Morgan fingerprint density at radius 3 is 2.72 bits per heavy atom. The molecule has 6 unspecified atom stereocenters. The van der Waals surface area contributed by atoms with Crippen molar-refractivity contribution < 1.29 is 9.53 Å². The maximum Gasteiger partial charge on any atom is 0.309 e. The molecular formula is C25H28ClNO2. The van der Waals surface area contributed by atoms with Crippen LogP contribution < -0.4 is 0 Å². The minimum absolute atomic E-state index is 0.00805. The molecule has 0 N–H and O–H groups in total. The number of halogens is 1. The third-order valence-corrected chi connectivity index (χ3v) is 7.05. The molecule has 1 aliphatic heterocycles. The molecule has 152 valence electrons. The Bertz CT molecular complexity index is 907. The van der Waals surface area contributed by atoms with Gasteiger partial charge in [-0.05, 0) is 60.9 Å². The Labute approximate surface area is 178 Å². The fourth-order valence-electron chi connectivity index (χ4n) is 5.41. The monoisotopic (exact) mass is 409 g/mol. The van der Waals surface area contributed by atoms with Gasteiger partial charge < -0.3 is 4.74 Å². The number of fused-ring (bicyclic) bond motifs is 1. The van der Waals surface area contributed by atoms with E-state index < -0.39 is 0 Å². The number of carbonyl (C=O) groups is 1. The molecule has 2 heterocycles. The minimum Gasteiger partial charge on any atom is -0.462 e. The smallest absolute Gasteiger partial charge is 0.309 e. The molecule has 1 aromatic carbocycles. The predicted molar refractivity (Wildman–Crippen MR) is 117 cm³/mol. The second-order valence-corrected chi connectivity index (χ2v) is 8.97. The van der Waals surface area contributed by atoms with E-state index in [1.807, 2.05) is 43.5 Å². The van der Waals surface area contributed by atoms with Crippen LogP contribution in [-0.4, -0.2) is 17.1 Å². The van der Waals surface area contributed by atoms with E-state index in [1.165, 1.54) is 0 Å². The van der Waals surface area contributed by atoms with Crippen molar-refractivity contribution in [1.82, 2.24) is 4.98 Å². The molecule has 4 rings (SSSR count). The first-order valence-electron chi connectivity index (χ1n) is 10.6. The average molecular weight is 410 g/mol. The van der Waals surface area contributed by atoms with Crippen LogP contribution in [0, 0.1) is 29.6 Å². The number of hydrogen-bond acceptors (Lipinski definition) is 3. The van der Waals surface area contributed by atoms with Crippen molar-refractivity contribution in [1.29, 1.82) is 0 Å². The number of esters is 1. The van der Waals surface area contributed by atoms with Gasteiger partial charge in [0, 0.05) is 22.7 Å². The molecule has 1 aromatic heterocycles. The third kappa shape index (κ3) is 3.98. The van der Waals surface area contributed by atoms with E-state index >= 15 is 0 Å². The Morgan fingerprint density at radius 1 is 1.21 bits per heavy atom. The number of rotatable bonds is 4. The van der Waals surface area contributed by atoms with E-state index in [1.54, 1.807) is 0 Å². The number of carbonyl (C=O) groups excluding carboxylic acids is 1. The summed E-state index contributed by atoms with van der Waals surface area (Å²) in [7, 11) is 0. The summed E-state index contributed by atoms with van der Waals surface area (Å²) in [6.45, 7) is 6.58. The highest BCUT2D eigenvalue weighted by molar-refractivity contribution is 6.30. The van der Waals surface area contributed by atoms with E-state index in [4.69, 9.17) is 16.3 Å². The van der Waals surface area contributed by atoms with Crippen LogP contribution in [0.2, 0.25) is 5.02 Å². The van der Waals surface area contributed by atoms with E-state index in [0.717, 1.165) is 34.7 Å². The quantitative estimate of drug-likeness (QED) is 0.558. The van der Waals surface area contributed by atoms with Gasteiger partial charge in [0.2, 0.25) is 0 Å². The summed E-state index contributed by atoms with van der Waals surface area (Å²) in [4.78, 5) is 16.9. The van der Waals surface area contributed by atoms with Crippen LogP contribution in [0.4, 0.5) is 0 Å². The Balaban J connectivity index is 1.57. The number of cyclic esters (lactones) is 1. The number of nitrogens with zero attached hydrogens (tertiary/aromatic N) is 1. The molecule has 29 heavy (non-hydrogen) atoms. The Morgan fingerprint density at radius 2 is 2.03 bits per heavy atom. The maximum absolute atomic E-state index is 12.3. The normalized spacial score (nSPS) is 31.7. The van der Waals surface area contributed by atoms with E-state index in [0.29, 0.717) is 17.8 Å². The van der Waals surface area contributed by atoms with E-state index in [-0.39, 0.29) is 23.9 Å². The van der Waals surface area contributed by atoms with Crippen LogP contribution in [0.5, 0.6) is 0 Å². The minimum atomic E-state index is -0.0122. The fourth-order valence-corrected chi connectivity index (χ4v) is 5.60. The molecule has 4 heteroatoms. The zero-order valence-corrected chi connectivity index (χ0v) is 18.0. The molecule has 0 bridgehead atoms. The van der Waals surface area contributed by atoms with Crippen molar-refractivity contribution in [2.24, 2.45) is 29.6 Å². The lowest BCUT2D eigenvalue weighted by Gasteiger charge is -2.41. The van der Waals surface area contributed by atoms with Crippen molar-refractivity contribution in [3.05, 3.63) is 59.4 Å². The molecule has 1 saturated heterocycles. The fraction of sp³-hybridized carbons (Fsp3) is 0.440. The van der Waals surface area contributed by atoms with Gasteiger partial charge >= 0.3 is 5.97 Å². The first-order chi connectivity index (χ1) is 14.0.